The topological polar surface area (TPSA) is 23.6 Å². The quantitative estimate of drug-likeness (QED) is 0.795. The molecule has 0 aromatic heterocycles. The molecule has 1 saturated heterocycles. The Morgan fingerprint density at radius 1 is 1.21 bits per heavy atom. The number of halogens is 2. The second kappa shape index (κ2) is 5.70. The molecule has 1 amide bonds. The number of hydrogen-bond acceptors (Lipinski definition) is 2. The first-order chi connectivity index (χ1) is 8.90. The fourth-order valence-electron chi connectivity index (χ4n) is 2.40. The molecule has 104 valence electrons. The molecule has 2 atom stereocenters. The van der Waals surface area contributed by atoms with Gasteiger partial charge in [-0.05, 0) is 39.1 Å². The average molecular weight is 301 g/mol. The highest BCUT2D eigenvalue weighted by Gasteiger charge is 2.30. The van der Waals surface area contributed by atoms with Crippen LogP contribution < -0.4 is 0 Å². The monoisotopic (exact) mass is 300 g/mol. The van der Waals surface area contributed by atoms with Crippen LogP contribution in [0.5, 0.6) is 0 Å². The summed E-state index contributed by atoms with van der Waals surface area (Å²) >= 11 is 12.0. The van der Waals surface area contributed by atoms with Gasteiger partial charge in [-0.3, -0.25) is 9.69 Å². The molecule has 1 fully saturated rings. The van der Waals surface area contributed by atoms with Gasteiger partial charge in [0.1, 0.15) is 0 Å². The first-order valence-corrected chi connectivity index (χ1v) is 7.12. The largest absolute Gasteiger partial charge is 0.335 e. The van der Waals surface area contributed by atoms with Gasteiger partial charge in [-0.25, -0.2) is 0 Å². The zero-order valence-corrected chi connectivity index (χ0v) is 12.9. The number of carbonyl (C=O) groups is 1. The van der Waals surface area contributed by atoms with E-state index in [-0.39, 0.29) is 5.91 Å². The lowest BCUT2D eigenvalue weighted by atomic mass is 10.1. The SMILES string of the molecule is CC1CN(C(=O)c2ccc(Cl)cc2Cl)CC(C)N1C. The van der Waals surface area contributed by atoms with Gasteiger partial charge in [-0.15, -0.1) is 0 Å². The first-order valence-electron chi connectivity index (χ1n) is 6.36. The van der Waals surface area contributed by atoms with Gasteiger partial charge in [-0.2, -0.15) is 0 Å². The maximum Gasteiger partial charge on any atom is 0.255 e. The molecule has 1 heterocycles. The number of benzene rings is 1. The van der Waals surface area contributed by atoms with Crippen molar-refractivity contribution in [2.75, 3.05) is 20.1 Å². The van der Waals surface area contributed by atoms with Crippen LogP contribution in [0.25, 0.3) is 0 Å². The van der Waals surface area contributed by atoms with Crippen molar-refractivity contribution in [3.05, 3.63) is 33.8 Å². The summed E-state index contributed by atoms with van der Waals surface area (Å²) < 4.78 is 0. The van der Waals surface area contributed by atoms with Gasteiger partial charge in [0.15, 0.2) is 0 Å². The summed E-state index contributed by atoms with van der Waals surface area (Å²) in [6.45, 7) is 5.69. The molecule has 0 radical (unpaired) electrons. The van der Waals surface area contributed by atoms with Gasteiger partial charge >= 0.3 is 0 Å². The second-order valence-electron chi connectivity index (χ2n) is 5.20. The van der Waals surface area contributed by atoms with Crippen LogP contribution in [0.15, 0.2) is 18.2 Å². The minimum Gasteiger partial charge on any atom is -0.335 e. The Labute approximate surface area is 124 Å². The third kappa shape index (κ3) is 3.04. The molecular weight excluding hydrogens is 283 g/mol. The molecule has 19 heavy (non-hydrogen) atoms. The summed E-state index contributed by atoms with van der Waals surface area (Å²) in [5.41, 5.74) is 0.523. The van der Waals surface area contributed by atoms with Crippen LogP contribution in [-0.4, -0.2) is 47.9 Å². The van der Waals surface area contributed by atoms with Crippen LogP contribution in [-0.2, 0) is 0 Å². The third-order valence-corrected chi connectivity index (χ3v) is 4.36. The van der Waals surface area contributed by atoms with Crippen molar-refractivity contribution in [1.29, 1.82) is 0 Å². The highest BCUT2D eigenvalue weighted by molar-refractivity contribution is 6.36. The van der Waals surface area contributed by atoms with Crippen molar-refractivity contribution in [2.45, 2.75) is 25.9 Å². The number of amides is 1. The smallest absolute Gasteiger partial charge is 0.255 e. The third-order valence-electron chi connectivity index (χ3n) is 3.81. The summed E-state index contributed by atoms with van der Waals surface area (Å²) in [5, 5.41) is 0.957. The zero-order valence-electron chi connectivity index (χ0n) is 11.4. The standard InChI is InChI=1S/C14H18Cl2N2O/c1-9-7-18(8-10(2)17(9)3)14(19)12-5-4-11(15)6-13(12)16/h4-6,9-10H,7-8H2,1-3H3. The number of nitrogens with zero attached hydrogens (tertiary/aromatic N) is 2. The predicted molar refractivity (Wildman–Crippen MR) is 79.1 cm³/mol. The van der Waals surface area contributed by atoms with E-state index in [0.29, 0.717) is 27.7 Å². The van der Waals surface area contributed by atoms with Crippen LogP contribution in [0.3, 0.4) is 0 Å². The summed E-state index contributed by atoms with van der Waals surface area (Å²) in [7, 11) is 2.09. The minimum absolute atomic E-state index is 0.0199. The van der Waals surface area contributed by atoms with Gasteiger partial charge in [0.05, 0.1) is 10.6 Å². The Kier molecular flexibility index (Phi) is 4.39. The Hall–Kier alpha value is -0.770. The maximum absolute atomic E-state index is 12.5. The number of likely N-dealkylation sites (N-methyl/N-ethyl adjacent to an activating group) is 1. The van der Waals surface area contributed by atoms with Crippen molar-refractivity contribution >= 4 is 29.1 Å². The van der Waals surface area contributed by atoms with Crippen molar-refractivity contribution < 1.29 is 4.79 Å². The molecule has 1 aromatic carbocycles. The molecule has 2 unspecified atom stereocenters. The van der Waals surface area contributed by atoms with E-state index in [2.05, 4.69) is 25.8 Å². The van der Waals surface area contributed by atoms with Gasteiger partial charge in [0, 0.05) is 30.2 Å². The van der Waals surface area contributed by atoms with E-state index < -0.39 is 0 Å². The Bertz CT molecular complexity index is 480. The van der Waals surface area contributed by atoms with E-state index in [1.165, 1.54) is 0 Å². The highest BCUT2D eigenvalue weighted by atomic mass is 35.5. The van der Waals surface area contributed by atoms with Crippen LogP contribution in [0.4, 0.5) is 0 Å². The summed E-state index contributed by atoms with van der Waals surface area (Å²) in [6.07, 6.45) is 0. The molecule has 0 N–H and O–H groups in total. The first kappa shape index (κ1) is 14.6. The number of rotatable bonds is 1. The van der Waals surface area contributed by atoms with E-state index in [1.54, 1.807) is 18.2 Å². The summed E-state index contributed by atoms with van der Waals surface area (Å²) in [4.78, 5) is 16.7. The molecule has 1 aliphatic rings. The van der Waals surface area contributed by atoms with Crippen molar-refractivity contribution in [2.24, 2.45) is 0 Å². The van der Waals surface area contributed by atoms with Gasteiger partial charge in [0.2, 0.25) is 0 Å². The van der Waals surface area contributed by atoms with Gasteiger partial charge < -0.3 is 4.90 Å². The van der Waals surface area contributed by atoms with Crippen LogP contribution in [0.2, 0.25) is 10.0 Å². The normalized spacial score (nSPS) is 24.6. The maximum atomic E-state index is 12.5. The summed E-state index contributed by atoms with van der Waals surface area (Å²) in [6, 6.07) is 5.70. The Balaban J connectivity index is 2.20. The molecule has 1 aromatic rings. The lowest BCUT2D eigenvalue weighted by molar-refractivity contribution is 0.0414. The molecule has 0 aliphatic carbocycles. The number of hydrogen-bond donors (Lipinski definition) is 0. The molecule has 3 nitrogen and oxygen atoms in total. The molecule has 0 saturated carbocycles. The van der Waals surface area contributed by atoms with E-state index in [4.69, 9.17) is 23.2 Å². The fraction of sp³-hybridized carbons (Fsp3) is 0.500. The lowest BCUT2D eigenvalue weighted by Gasteiger charge is -2.42. The average Bonchev–Trinajstić information content (AvgIpc) is 2.34. The number of carbonyl (C=O) groups excluding carboxylic acids is 1. The van der Waals surface area contributed by atoms with E-state index in [9.17, 15) is 4.79 Å². The fourth-order valence-corrected chi connectivity index (χ4v) is 2.89. The zero-order chi connectivity index (χ0) is 14.2. The molecule has 1 aliphatic heterocycles. The van der Waals surface area contributed by atoms with E-state index >= 15 is 0 Å². The van der Waals surface area contributed by atoms with Crippen LogP contribution in [0, 0.1) is 0 Å². The minimum atomic E-state index is -0.0199. The molecule has 0 spiro atoms. The van der Waals surface area contributed by atoms with Crippen LogP contribution in [0.1, 0.15) is 24.2 Å². The molecule has 2 rings (SSSR count). The highest BCUT2D eigenvalue weighted by Crippen LogP contribution is 2.24. The van der Waals surface area contributed by atoms with Gasteiger partial charge in [-0.1, -0.05) is 23.2 Å². The van der Waals surface area contributed by atoms with Crippen molar-refractivity contribution in [3.8, 4) is 0 Å². The van der Waals surface area contributed by atoms with E-state index in [1.807, 2.05) is 4.90 Å². The van der Waals surface area contributed by atoms with Crippen molar-refractivity contribution in [1.82, 2.24) is 9.80 Å². The van der Waals surface area contributed by atoms with Crippen LogP contribution >= 0.6 is 23.2 Å². The molecule has 5 heteroatoms. The molecule has 0 bridgehead atoms. The number of piperazine rings is 1. The molecular formula is C14H18Cl2N2O. The van der Waals surface area contributed by atoms with E-state index in [0.717, 1.165) is 13.1 Å². The van der Waals surface area contributed by atoms with Crippen molar-refractivity contribution in [3.63, 3.8) is 0 Å². The lowest BCUT2D eigenvalue weighted by Crippen LogP contribution is -2.56. The second-order valence-corrected chi connectivity index (χ2v) is 6.04. The Morgan fingerprint density at radius 2 is 1.79 bits per heavy atom. The predicted octanol–water partition coefficient (Wildman–Crippen LogP) is 3.16. The van der Waals surface area contributed by atoms with Gasteiger partial charge in [0.25, 0.3) is 5.91 Å². The summed E-state index contributed by atoms with van der Waals surface area (Å²) in [5.74, 6) is -0.0199. The Morgan fingerprint density at radius 3 is 2.32 bits per heavy atom.